The first-order chi connectivity index (χ1) is 5.89. The van der Waals surface area contributed by atoms with E-state index in [4.69, 9.17) is 34.8 Å². The zero-order valence-electron chi connectivity index (χ0n) is 8.16. The Labute approximate surface area is 89.7 Å². The van der Waals surface area contributed by atoms with Gasteiger partial charge >= 0.3 is 8.80 Å². The number of aliphatic hydroxyl groups excluding tert-OH is 2. The highest BCUT2D eigenvalue weighted by molar-refractivity contribution is 6.60. The molecule has 0 spiro atoms. The summed E-state index contributed by atoms with van der Waals surface area (Å²) in [6, 6.07) is 0. The third-order valence-corrected chi connectivity index (χ3v) is 3.04. The predicted molar refractivity (Wildman–Crippen MR) is 53.7 cm³/mol. The van der Waals surface area contributed by atoms with Gasteiger partial charge < -0.3 is 49.9 Å². The van der Waals surface area contributed by atoms with Crippen LogP contribution in [0.1, 0.15) is 0 Å². The van der Waals surface area contributed by atoms with E-state index in [1.165, 1.54) is 6.55 Å². The Morgan fingerprint density at radius 3 is 1.20 bits per heavy atom. The van der Waals surface area contributed by atoms with Crippen molar-refractivity contribution in [1.29, 1.82) is 0 Å². The van der Waals surface area contributed by atoms with Crippen LogP contribution in [0.3, 0.4) is 0 Å². The van der Waals surface area contributed by atoms with E-state index in [0.29, 0.717) is 0 Å². The van der Waals surface area contributed by atoms with Gasteiger partial charge in [-0.25, -0.2) is 0 Å². The van der Waals surface area contributed by atoms with Crippen molar-refractivity contribution in [3.63, 3.8) is 0 Å². The molecule has 0 saturated carbocycles. The van der Waals surface area contributed by atoms with E-state index in [1.807, 2.05) is 0 Å². The summed E-state index contributed by atoms with van der Waals surface area (Å²) in [6.45, 7) is -0.323. The van der Waals surface area contributed by atoms with Crippen molar-refractivity contribution >= 4 is 18.8 Å². The van der Waals surface area contributed by atoms with Crippen molar-refractivity contribution in [2.75, 3.05) is 13.6 Å². The smallest absolute Gasteiger partial charge is 0.416 e. The zero-order chi connectivity index (χ0) is 11.3. The average molecular weight is 272 g/mol. The van der Waals surface area contributed by atoms with E-state index in [0.717, 1.165) is 0 Å². The molecule has 0 amide bonds. The fourth-order valence-corrected chi connectivity index (χ4v) is 1.10. The molecule has 10 nitrogen and oxygen atoms in total. The molecule has 0 saturated heterocycles. The summed E-state index contributed by atoms with van der Waals surface area (Å²) in [5.74, 6) is 0. The summed E-state index contributed by atoms with van der Waals surface area (Å²) in [6.07, 6.45) is 0. The van der Waals surface area contributed by atoms with Gasteiger partial charge in [0.15, 0.2) is 0 Å². The Morgan fingerprint density at radius 2 is 1.20 bits per heavy atom. The zero-order valence-corrected chi connectivity index (χ0v) is 10.6. The lowest BCUT2D eigenvalue weighted by atomic mass is 11.6. The summed E-state index contributed by atoms with van der Waals surface area (Å²) in [5.41, 5.74) is 0. The van der Waals surface area contributed by atoms with Crippen LogP contribution in [0.15, 0.2) is 0 Å². The normalized spacial score (nSPS) is 8.80. The van der Waals surface area contributed by atoms with E-state index in [1.54, 1.807) is 0 Å². The molecule has 0 rings (SSSR count). The van der Waals surface area contributed by atoms with Crippen molar-refractivity contribution in [3.8, 4) is 0 Å². The largest absolute Gasteiger partial charge is 0.482 e. The standard InChI is InChI=1S/CH8O4Si2.2CH4O2.2H2O/c1-7(3,4)5-6-2;2*2-1-3;;/h2-4H,6H2,1H3;2*2-3H,1H2;2*1H2. The maximum atomic E-state index is 8.36. The van der Waals surface area contributed by atoms with Crippen LogP contribution in [0.5, 0.6) is 0 Å². The number of aliphatic hydroxyl groups is 4. The average Bonchev–Trinajstić information content (AvgIpc) is 1.87. The SMILES string of the molecule is C[Si](O)(O)O[SiH2]O.O.O.OCO.OCO. The maximum absolute atomic E-state index is 8.36. The van der Waals surface area contributed by atoms with Crippen LogP contribution in [0.2, 0.25) is 6.55 Å². The van der Waals surface area contributed by atoms with E-state index in [-0.39, 0.29) is 11.0 Å². The van der Waals surface area contributed by atoms with E-state index in [9.17, 15) is 0 Å². The van der Waals surface area contributed by atoms with Gasteiger partial charge in [0.05, 0.1) is 0 Å². The van der Waals surface area contributed by atoms with Crippen LogP contribution in [-0.2, 0) is 4.12 Å². The Hall–Kier alpha value is 0.0338. The molecule has 0 bridgehead atoms. The van der Waals surface area contributed by atoms with Gasteiger partial charge in [0.1, 0.15) is 13.6 Å². The van der Waals surface area contributed by atoms with Crippen molar-refractivity contribution in [1.82, 2.24) is 0 Å². The van der Waals surface area contributed by atoms with Crippen LogP contribution in [0.25, 0.3) is 0 Å². The first kappa shape index (κ1) is 29.4. The Kier molecular flexibility index (Phi) is 46.4. The molecule has 0 heterocycles. The van der Waals surface area contributed by atoms with Crippen molar-refractivity contribution < 1.29 is 49.9 Å². The van der Waals surface area contributed by atoms with Gasteiger partial charge in [-0.05, 0) is 0 Å². The fraction of sp³-hybridized carbons (Fsp3) is 1.00. The molecule has 0 atom stereocenters. The molecule has 0 aliphatic heterocycles. The van der Waals surface area contributed by atoms with E-state index < -0.39 is 32.4 Å². The molecule has 0 aromatic carbocycles. The lowest BCUT2D eigenvalue weighted by Gasteiger charge is -2.08. The third kappa shape index (κ3) is 125. The molecule has 12 heteroatoms. The van der Waals surface area contributed by atoms with Crippen molar-refractivity contribution in [3.05, 3.63) is 0 Å². The maximum Gasteiger partial charge on any atom is 0.482 e. The van der Waals surface area contributed by atoms with Crippen LogP contribution in [-0.4, -0.2) is 78.2 Å². The van der Waals surface area contributed by atoms with Crippen molar-refractivity contribution in [2.45, 2.75) is 6.55 Å². The number of hydrogen-bond acceptors (Lipinski definition) is 8. The molecule has 11 N–H and O–H groups in total. The lowest BCUT2D eigenvalue weighted by molar-refractivity contribution is 0.0767. The van der Waals surface area contributed by atoms with Gasteiger partial charge in [-0.1, -0.05) is 0 Å². The highest BCUT2D eigenvalue weighted by Crippen LogP contribution is 1.87. The monoisotopic (exact) mass is 272 g/mol. The van der Waals surface area contributed by atoms with Crippen LogP contribution in [0.4, 0.5) is 0 Å². The van der Waals surface area contributed by atoms with Gasteiger partial charge in [0, 0.05) is 6.55 Å². The molecule has 0 aromatic rings. The van der Waals surface area contributed by atoms with Gasteiger partial charge in [-0.15, -0.1) is 0 Å². The van der Waals surface area contributed by atoms with E-state index >= 15 is 0 Å². The first-order valence-electron chi connectivity index (χ1n) is 3.02. The number of hydrogen-bond donors (Lipinski definition) is 7. The van der Waals surface area contributed by atoms with Gasteiger partial charge in [-0.2, -0.15) is 0 Å². The molecular weight excluding hydrogens is 252 g/mol. The second-order valence-electron chi connectivity index (χ2n) is 1.49. The molecule has 0 unspecified atom stereocenters. The van der Waals surface area contributed by atoms with Crippen LogP contribution in [0, 0.1) is 0 Å². The molecule has 0 aliphatic rings. The van der Waals surface area contributed by atoms with Gasteiger partial charge in [-0.3, -0.25) is 0 Å². The lowest BCUT2D eigenvalue weighted by Crippen LogP contribution is -2.35. The van der Waals surface area contributed by atoms with Gasteiger partial charge in [0.2, 0.25) is 0 Å². The summed E-state index contributed by atoms with van der Waals surface area (Å²) in [7, 11) is -4.97. The number of rotatable bonds is 2. The van der Waals surface area contributed by atoms with Crippen LogP contribution < -0.4 is 0 Å². The minimum Gasteiger partial charge on any atom is -0.416 e. The Morgan fingerprint density at radius 1 is 1.00 bits per heavy atom. The molecule has 0 radical (unpaired) electrons. The first-order valence-corrected chi connectivity index (χ1v) is 6.53. The Bertz CT molecular complexity index is 73.6. The highest BCUT2D eigenvalue weighted by Gasteiger charge is 2.22. The second-order valence-corrected chi connectivity index (χ2v) is 4.77. The molecular formula is C3H20O10Si2. The summed E-state index contributed by atoms with van der Waals surface area (Å²) in [5, 5.41) is 28.5. The predicted octanol–water partition coefficient (Wildman–Crippen LogP) is -6.24. The van der Waals surface area contributed by atoms with Crippen molar-refractivity contribution in [2.24, 2.45) is 0 Å². The van der Waals surface area contributed by atoms with Gasteiger partial charge in [0.25, 0.3) is 10.0 Å². The molecule has 0 aliphatic carbocycles. The highest BCUT2D eigenvalue weighted by atomic mass is 28.4. The third-order valence-electron chi connectivity index (χ3n) is 0.338. The van der Waals surface area contributed by atoms with E-state index in [2.05, 4.69) is 4.12 Å². The molecule has 0 aromatic heterocycles. The minimum absolute atomic E-state index is 0. The minimum atomic E-state index is -3.35. The van der Waals surface area contributed by atoms with Crippen LogP contribution >= 0.6 is 0 Å². The summed E-state index contributed by atoms with van der Waals surface area (Å²) in [4.78, 5) is 24.8. The molecule has 0 fully saturated rings. The summed E-state index contributed by atoms with van der Waals surface area (Å²) >= 11 is 0. The second kappa shape index (κ2) is 23.7. The molecule has 100 valence electrons. The summed E-state index contributed by atoms with van der Waals surface area (Å²) < 4.78 is 4.17. The quantitative estimate of drug-likeness (QED) is 0.189. The molecule has 15 heavy (non-hydrogen) atoms. The fourth-order valence-electron chi connectivity index (χ4n) is 0.122. The Balaban J connectivity index is -0.0000000361. The topological polar surface area (TPSA) is 214 Å².